The molecule has 62 heavy (non-hydrogen) atoms. The number of carboxylic acids is 6. The van der Waals surface area contributed by atoms with Crippen molar-refractivity contribution >= 4 is 52.5 Å². The number of hydrogen-bond donors (Lipinski definition) is 8. The van der Waals surface area contributed by atoms with Gasteiger partial charge < -0.3 is 46.2 Å². The Kier molecular flexibility index (Phi) is 22.9. The van der Waals surface area contributed by atoms with Gasteiger partial charge in [0.1, 0.15) is 5.82 Å². The van der Waals surface area contributed by atoms with Crippen LogP contribution >= 0.6 is 0 Å². The summed E-state index contributed by atoms with van der Waals surface area (Å²) in [6.45, 7) is 9.68. The van der Waals surface area contributed by atoms with E-state index in [4.69, 9.17) is 41.8 Å². The van der Waals surface area contributed by atoms with Crippen molar-refractivity contribution in [3.05, 3.63) is 120 Å². The molecular weight excluding hydrogens is 812 g/mol. The second kappa shape index (κ2) is 27.7. The van der Waals surface area contributed by atoms with Gasteiger partial charge >= 0.3 is 35.8 Å². The van der Waals surface area contributed by atoms with E-state index >= 15 is 0 Å². The van der Waals surface area contributed by atoms with Gasteiger partial charge in [-0.25, -0.2) is 33.2 Å². The smallest absolute Gasteiger partial charge is 0.328 e. The molecule has 3 aromatic carbocycles. The summed E-state index contributed by atoms with van der Waals surface area (Å²) in [4.78, 5) is 66.9. The van der Waals surface area contributed by atoms with E-state index in [1.807, 2.05) is 17.0 Å². The molecule has 334 valence electrons. The van der Waals surface area contributed by atoms with Crippen molar-refractivity contribution in [2.24, 2.45) is 5.73 Å². The minimum atomic E-state index is -1.26. The molecule has 1 unspecified atom stereocenters. The van der Waals surface area contributed by atoms with Crippen LogP contribution in [0.1, 0.15) is 30.0 Å². The number of guanidine groups is 1. The van der Waals surface area contributed by atoms with Crippen molar-refractivity contribution in [1.29, 1.82) is 5.41 Å². The van der Waals surface area contributed by atoms with E-state index in [1.54, 1.807) is 12.1 Å². The monoisotopic (exact) mass is 864 g/mol. The number of aryl methyl sites for hydroxylation is 1. The zero-order chi connectivity index (χ0) is 46.0. The number of rotatable bonds is 15. The maximum absolute atomic E-state index is 13.7. The van der Waals surface area contributed by atoms with Gasteiger partial charge in [0.25, 0.3) is 0 Å². The van der Waals surface area contributed by atoms with E-state index in [0.717, 1.165) is 71.9 Å². The van der Waals surface area contributed by atoms with Crippen molar-refractivity contribution in [2.45, 2.75) is 25.3 Å². The van der Waals surface area contributed by atoms with Crippen LogP contribution in [0.5, 0.6) is 0 Å². The van der Waals surface area contributed by atoms with Gasteiger partial charge in [0.15, 0.2) is 5.96 Å². The molecule has 5 rings (SSSR count). The second-order valence-electron chi connectivity index (χ2n) is 13.7. The van der Waals surface area contributed by atoms with Gasteiger partial charge in [0.05, 0.1) is 0 Å². The molecule has 18 nitrogen and oxygen atoms in total. The number of carbonyl (C=O) groups is 6. The third-order valence-corrected chi connectivity index (χ3v) is 9.40. The van der Waals surface area contributed by atoms with E-state index in [2.05, 4.69) is 57.2 Å². The number of piperazine rings is 2. The zero-order valence-corrected chi connectivity index (χ0v) is 34.0. The maximum atomic E-state index is 13.7. The molecule has 19 heteroatoms. The van der Waals surface area contributed by atoms with Crippen molar-refractivity contribution in [2.75, 3.05) is 65.4 Å². The summed E-state index contributed by atoms with van der Waals surface area (Å²) < 4.78 is 13.7. The molecule has 2 heterocycles. The molecule has 0 spiro atoms. The topological polar surface area (TPSA) is 287 Å². The Hall–Kier alpha value is -6.96. The van der Waals surface area contributed by atoms with Crippen molar-refractivity contribution < 1.29 is 63.8 Å². The Bertz CT molecular complexity index is 1910. The summed E-state index contributed by atoms with van der Waals surface area (Å²) in [6, 6.07) is 22.6. The lowest BCUT2D eigenvalue weighted by Crippen LogP contribution is -2.54. The fraction of sp³-hybridized carbons (Fsp3) is 0.326. The summed E-state index contributed by atoms with van der Waals surface area (Å²) >= 11 is 0. The molecule has 0 saturated carbocycles. The Morgan fingerprint density at radius 3 is 1.52 bits per heavy atom. The minimum absolute atomic E-state index is 0.149. The molecule has 3 aromatic rings. The Morgan fingerprint density at radius 2 is 1.05 bits per heavy atom. The summed E-state index contributed by atoms with van der Waals surface area (Å²) in [7, 11) is 0. The van der Waals surface area contributed by atoms with Crippen LogP contribution in [0.15, 0.2) is 103 Å². The van der Waals surface area contributed by atoms with E-state index in [1.165, 1.54) is 34.7 Å². The lowest BCUT2D eigenvalue weighted by atomic mass is 10.00. The van der Waals surface area contributed by atoms with Crippen LogP contribution in [-0.4, -0.2) is 157 Å². The van der Waals surface area contributed by atoms with E-state index in [9.17, 15) is 33.2 Å². The van der Waals surface area contributed by atoms with E-state index < -0.39 is 35.8 Å². The number of aliphatic carboxylic acids is 6. The molecule has 2 fully saturated rings. The highest BCUT2D eigenvalue weighted by Gasteiger charge is 2.28. The number of fused-ring (bicyclic) bond motifs is 1. The number of nitrogens with zero attached hydrogens (tertiary/aromatic N) is 4. The highest BCUT2D eigenvalue weighted by atomic mass is 19.1. The number of benzene rings is 3. The van der Waals surface area contributed by atoms with Gasteiger partial charge in [0, 0.05) is 101 Å². The molecule has 0 radical (unpaired) electrons. The van der Waals surface area contributed by atoms with Crippen LogP contribution in [0.25, 0.3) is 10.8 Å². The van der Waals surface area contributed by atoms with E-state index in [0.29, 0.717) is 36.5 Å². The Morgan fingerprint density at radius 1 is 0.597 bits per heavy atom. The van der Waals surface area contributed by atoms with E-state index in [-0.39, 0.29) is 17.8 Å². The minimum Gasteiger partial charge on any atom is -0.478 e. The van der Waals surface area contributed by atoms with Crippen LogP contribution in [0.2, 0.25) is 0 Å². The molecule has 9 N–H and O–H groups in total. The largest absolute Gasteiger partial charge is 0.478 e. The molecule has 0 aliphatic carbocycles. The summed E-state index contributed by atoms with van der Waals surface area (Å²) in [5.74, 6) is -7.58. The van der Waals surface area contributed by atoms with Gasteiger partial charge in [-0.15, -0.1) is 0 Å². The highest BCUT2D eigenvalue weighted by Crippen LogP contribution is 2.25. The van der Waals surface area contributed by atoms with Gasteiger partial charge in [-0.2, -0.15) is 0 Å². The molecular formula is C43H53FN6O12. The molecule has 0 amide bonds. The molecule has 2 aliphatic heterocycles. The molecule has 0 aromatic heterocycles. The van der Waals surface area contributed by atoms with Gasteiger partial charge in [-0.3, -0.25) is 15.2 Å². The first-order valence-corrected chi connectivity index (χ1v) is 19.4. The molecule has 2 saturated heterocycles. The third kappa shape index (κ3) is 21.3. The predicted octanol–water partition coefficient (Wildman–Crippen LogP) is 3.31. The lowest BCUT2D eigenvalue weighted by molar-refractivity contribution is -0.134. The quantitative estimate of drug-likeness (QED) is 0.0471. The van der Waals surface area contributed by atoms with Crippen LogP contribution < -0.4 is 5.73 Å². The van der Waals surface area contributed by atoms with Gasteiger partial charge in [0.2, 0.25) is 0 Å². The average Bonchev–Trinajstić information content (AvgIpc) is 3.24. The van der Waals surface area contributed by atoms with Crippen LogP contribution in [0.3, 0.4) is 0 Å². The fourth-order valence-corrected chi connectivity index (χ4v) is 6.42. The summed E-state index contributed by atoms with van der Waals surface area (Å²) in [5.41, 5.74) is 8.34. The van der Waals surface area contributed by atoms with Crippen LogP contribution in [0, 0.1) is 11.2 Å². The maximum Gasteiger partial charge on any atom is 0.328 e. The highest BCUT2D eigenvalue weighted by molar-refractivity contribution is 5.91. The third-order valence-electron chi connectivity index (χ3n) is 9.40. The lowest BCUT2D eigenvalue weighted by Gasteiger charge is -2.43. The summed E-state index contributed by atoms with van der Waals surface area (Å²) in [6.07, 6.45) is 6.92. The summed E-state index contributed by atoms with van der Waals surface area (Å²) in [5, 5.41) is 57.3. The number of halogens is 1. The van der Waals surface area contributed by atoms with Crippen molar-refractivity contribution in [1.82, 2.24) is 19.6 Å². The number of nitrogens with two attached hydrogens (primary N) is 1. The number of carboxylic acid groups (broad SMARTS) is 6. The molecule has 1 atom stereocenters. The number of unbranched alkanes of at least 4 members (excludes halogenated alkanes) is 1. The molecule has 0 bridgehead atoms. The average molecular weight is 865 g/mol. The predicted molar refractivity (Wildman–Crippen MR) is 227 cm³/mol. The fourth-order valence-electron chi connectivity index (χ4n) is 6.42. The first-order chi connectivity index (χ1) is 29.4. The SMILES string of the molecule is N=C(N)N1CCN(C(CN2CCN(CCCCc3cccc4ccccc34)CC2)c2ccc(F)cc2)CC1.O=C(O)/C=C\C(=O)O.O=C(O)/C=C\C(=O)O.O=C(O)/C=C\C(=O)O. The molecule has 2 aliphatic rings. The zero-order valence-electron chi connectivity index (χ0n) is 34.0. The first kappa shape index (κ1) is 51.2. The van der Waals surface area contributed by atoms with Gasteiger partial charge in [-0.05, 0) is 59.8 Å². The van der Waals surface area contributed by atoms with Gasteiger partial charge in [-0.1, -0.05) is 54.6 Å². The number of nitrogens with one attached hydrogen (secondary N) is 1. The van der Waals surface area contributed by atoms with Crippen LogP contribution in [0.4, 0.5) is 4.39 Å². The number of hydrogen-bond acceptors (Lipinski definition) is 10. The van der Waals surface area contributed by atoms with Crippen molar-refractivity contribution in [3.8, 4) is 0 Å². The Labute approximate surface area is 357 Å². The second-order valence-corrected chi connectivity index (χ2v) is 13.7. The normalized spacial score (nSPS) is 15.1. The standard InChI is InChI=1S/C31H41FN6.3C4H4O4/c32-28-13-11-27(12-14-28)30(37-20-22-38(23-21-37)31(33)34)24-36-18-16-35(17-19-36)15-4-3-7-26-9-5-8-25-6-1-2-10-29(25)26;3*5-3(6)1-2-4(7)8/h1-2,5-6,8-14,30H,3-4,7,15-24H2,(H3,33,34);3*1-2H,(H,5,6)(H,7,8)/b;3*2-1-. The van der Waals surface area contributed by atoms with Crippen molar-refractivity contribution in [3.63, 3.8) is 0 Å². The Balaban J connectivity index is 0.000000449. The van der Waals surface area contributed by atoms with Crippen LogP contribution in [-0.2, 0) is 35.2 Å². The first-order valence-electron chi connectivity index (χ1n) is 19.4.